The number of amides is 1. The van der Waals surface area contributed by atoms with Gasteiger partial charge in [0.25, 0.3) is 5.91 Å². The first kappa shape index (κ1) is 19.2. The maximum absolute atomic E-state index is 12.7. The highest BCUT2D eigenvalue weighted by atomic mass is 16.2. The van der Waals surface area contributed by atoms with Crippen molar-refractivity contribution in [3.8, 4) is 0 Å². The number of carbonyl (C=O) groups is 2. The van der Waals surface area contributed by atoms with Crippen molar-refractivity contribution in [1.82, 2.24) is 15.3 Å². The summed E-state index contributed by atoms with van der Waals surface area (Å²) in [6, 6.07) is 18.3. The van der Waals surface area contributed by atoms with Crippen LogP contribution in [-0.4, -0.2) is 21.7 Å². The van der Waals surface area contributed by atoms with Crippen molar-refractivity contribution < 1.29 is 9.59 Å². The molecule has 1 heterocycles. The number of rotatable bonds is 6. The van der Waals surface area contributed by atoms with Crippen LogP contribution in [0.1, 0.15) is 52.1 Å². The van der Waals surface area contributed by atoms with E-state index in [4.69, 9.17) is 0 Å². The number of hydrogen-bond acceptors (Lipinski definition) is 5. The number of ketones is 1. The Morgan fingerprint density at radius 3 is 2.43 bits per heavy atom. The number of nitrogens with zero attached hydrogens (tertiary/aromatic N) is 2. The van der Waals surface area contributed by atoms with Gasteiger partial charge >= 0.3 is 0 Å². The van der Waals surface area contributed by atoms with Crippen LogP contribution in [0, 0.1) is 6.92 Å². The minimum Gasteiger partial charge on any atom is -0.344 e. The quantitative estimate of drug-likeness (QED) is 0.631. The molecule has 2 N–H and O–H groups in total. The lowest BCUT2D eigenvalue weighted by atomic mass is 10.1. The first-order valence-electron chi connectivity index (χ1n) is 9.02. The van der Waals surface area contributed by atoms with E-state index in [1.54, 1.807) is 31.2 Å². The molecule has 0 fully saturated rings. The normalized spacial score (nSPS) is 11.5. The average Bonchev–Trinajstić information content (AvgIpc) is 2.68. The molecule has 6 nitrogen and oxygen atoms in total. The number of benzene rings is 2. The molecule has 1 amide bonds. The van der Waals surface area contributed by atoms with Crippen LogP contribution in [0.3, 0.4) is 0 Å². The maximum atomic E-state index is 12.7. The fourth-order valence-corrected chi connectivity index (χ4v) is 2.81. The molecule has 6 heteroatoms. The lowest BCUT2D eigenvalue weighted by Crippen LogP contribution is -2.27. The standard InChI is InChI=1S/C22H22N4O2/c1-14(17-8-5-4-6-9-17)23-22(28)20-13-21(25-16(3)24-20)26-19-11-7-10-18(12-19)15(2)27/h4-14H,1-3H3,(H,23,28)(H,24,25,26). The Bertz CT molecular complexity index is 1000. The van der Waals surface area contributed by atoms with E-state index in [-0.39, 0.29) is 23.4 Å². The highest BCUT2D eigenvalue weighted by Crippen LogP contribution is 2.18. The number of aryl methyl sites for hydroxylation is 1. The van der Waals surface area contributed by atoms with E-state index < -0.39 is 0 Å². The second-order valence-corrected chi connectivity index (χ2v) is 6.55. The molecule has 0 aliphatic carbocycles. The lowest BCUT2D eigenvalue weighted by Gasteiger charge is -2.15. The lowest BCUT2D eigenvalue weighted by molar-refractivity contribution is 0.0933. The van der Waals surface area contributed by atoms with Gasteiger partial charge in [0.05, 0.1) is 6.04 Å². The minimum absolute atomic E-state index is 0.0162. The topological polar surface area (TPSA) is 84.0 Å². The number of hydrogen-bond donors (Lipinski definition) is 2. The van der Waals surface area contributed by atoms with Crippen molar-refractivity contribution in [3.05, 3.63) is 83.3 Å². The highest BCUT2D eigenvalue weighted by Gasteiger charge is 2.14. The molecule has 0 radical (unpaired) electrons. The average molecular weight is 374 g/mol. The molecule has 0 aliphatic rings. The highest BCUT2D eigenvalue weighted by molar-refractivity contribution is 5.95. The summed E-state index contributed by atoms with van der Waals surface area (Å²) in [4.78, 5) is 32.8. The smallest absolute Gasteiger partial charge is 0.270 e. The molecule has 1 atom stereocenters. The van der Waals surface area contributed by atoms with Gasteiger partial charge in [0.2, 0.25) is 0 Å². The summed E-state index contributed by atoms with van der Waals surface area (Å²) in [6.07, 6.45) is 0. The van der Waals surface area contributed by atoms with Gasteiger partial charge in [-0.1, -0.05) is 42.5 Å². The summed E-state index contributed by atoms with van der Waals surface area (Å²) in [5, 5.41) is 6.09. The van der Waals surface area contributed by atoms with E-state index in [9.17, 15) is 9.59 Å². The molecule has 3 rings (SSSR count). The molecule has 0 aliphatic heterocycles. The Morgan fingerprint density at radius 2 is 1.71 bits per heavy atom. The van der Waals surface area contributed by atoms with Crippen LogP contribution < -0.4 is 10.6 Å². The van der Waals surface area contributed by atoms with Gasteiger partial charge in [0.1, 0.15) is 17.3 Å². The minimum atomic E-state index is -0.276. The number of Topliss-reactive ketones (excluding diaryl/α,β-unsaturated/α-hetero) is 1. The Labute approximate surface area is 164 Å². The van der Waals surface area contributed by atoms with Crippen molar-refractivity contribution in [2.24, 2.45) is 0 Å². The Morgan fingerprint density at radius 1 is 0.964 bits per heavy atom. The number of aromatic nitrogens is 2. The third kappa shape index (κ3) is 4.79. The summed E-state index contributed by atoms with van der Waals surface area (Å²) in [7, 11) is 0. The van der Waals surface area contributed by atoms with E-state index in [1.165, 1.54) is 6.92 Å². The Balaban J connectivity index is 1.78. The van der Waals surface area contributed by atoms with Gasteiger partial charge in [-0.15, -0.1) is 0 Å². The van der Waals surface area contributed by atoms with Gasteiger partial charge in [0.15, 0.2) is 5.78 Å². The summed E-state index contributed by atoms with van der Waals surface area (Å²) < 4.78 is 0. The summed E-state index contributed by atoms with van der Waals surface area (Å²) in [5.74, 6) is 0.677. The maximum Gasteiger partial charge on any atom is 0.270 e. The van der Waals surface area contributed by atoms with Crippen molar-refractivity contribution in [1.29, 1.82) is 0 Å². The predicted molar refractivity (Wildman–Crippen MR) is 109 cm³/mol. The fraction of sp³-hybridized carbons (Fsp3) is 0.182. The molecule has 2 aromatic carbocycles. The molecule has 0 saturated carbocycles. The van der Waals surface area contributed by atoms with Crippen LogP contribution in [0.5, 0.6) is 0 Å². The molecule has 0 bridgehead atoms. The Hall–Kier alpha value is -3.54. The van der Waals surface area contributed by atoms with Crippen LogP contribution in [0.25, 0.3) is 0 Å². The predicted octanol–water partition coefficient (Wildman–Crippen LogP) is 4.22. The molecule has 1 unspecified atom stereocenters. The zero-order valence-corrected chi connectivity index (χ0v) is 16.1. The largest absolute Gasteiger partial charge is 0.344 e. The number of nitrogens with one attached hydrogen (secondary N) is 2. The first-order chi connectivity index (χ1) is 13.4. The second-order valence-electron chi connectivity index (χ2n) is 6.55. The van der Waals surface area contributed by atoms with Crippen LogP contribution in [0.4, 0.5) is 11.5 Å². The van der Waals surface area contributed by atoms with Crippen LogP contribution >= 0.6 is 0 Å². The SMILES string of the molecule is CC(=O)c1cccc(Nc2cc(C(=O)NC(C)c3ccccc3)nc(C)n2)c1. The number of anilines is 2. The zero-order chi connectivity index (χ0) is 20.1. The first-order valence-corrected chi connectivity index (χ1v) is 9.02. The molecule has 3 aromatic rings. The molecule has 0 saturated heterocycles. The molecule has 142 valence electrons. The van der Waals surface area contributed by atoms with Crippen molar-refractivity contribution in [2.45, 2.75) is 26.8 Å². The van der Waals surface area contributed by atoms with Gasteiger partial charge < -0.3 is 10.6 Å². The summed E-state index contributed by atoms with van der Waals surface area (Å²) in [5.41, 5.74) is 2.61. The molecule has 1 aromatic heterocycles. The van der Waals surface area contributed by atoms with Gasteiger partial charge in [-0.25, -0.2) is 9.97 Å². The molecular weight excluding hydrogens is 352 g/mol. The third-order valence-corrected chi connectivity index (χ3v) is 4.26. The third-order valence-electron chi connectivity index (χ3n) is 4.26. The van der Waals surface area contributed by atoms with E-state index in [1.807, 2.05) is 43.3 Å². The van der Waals surface area contributed by atoms with Crippen molar-refractivity contribution >= 4 is 23.2 Å². The Kier molecular flexibility index (Phi) is 5.79. The van der Waals surface area contributed by atoms with Crippen molar-refractivity contribution in [3.63, 3.8) is 0 Å². The second kappa shape index (κ2) is 8.43. The van der Waals surface area contributed by atoms with Crippen LogP contribution in [0.15, 0.2) is 60.7 Å². The van der Waals surface area contributed by atoms with Gasteiger partial charge in [0, 0.05) is 17.3 Å². The monoisotopic (exact) mass is 374 g/mol. The van der Waals surface area contributed by atoms with Crippen molar-refractivity contribution in [2.75, 3.05) is 5.32 Å². The van der Waals surface area contributed by atoms with E-state index in [0.717, 1.165) is 11.3 Å². The summed E-state index contributed by atoms with van der Waals surface area (Å²) >= 11 is 0. The molecule has 28 heavy (non-hydrogen) atoms. The van der Waals surface area contributed by atoms with Crippen LogP contribution in [0.2, 0.25) is 0 Å². The van der Waals surface area contributed by atoms with Gasteiger partial charge in [-0.2, -0.15) is 0 Å². The molecular formula is C22H22N4O2. The van der Waals surface area contributed by atoms with E-state index in [0.29, 0.717) is 17.2 Å². The van der Waals surface area contributed by atoms with Gasteiger partial charge in [-0.05, 0) is 38.5 Å². The zero-order valence-electron chi connectivity index (χ0n) is 16.1. The molecule has 0 spiro atoms. The van der Waals surface area contributed by atoms with Crippen LogP contribution in [-0.2, 0) is 0 Å². The van der Waals surface area contributed by atoms with E-state index >= 15 is 0 Å². The summed E-state index contributed by atoms with van der Waals surface area (Å²) in [6.45, 7) is 5.17. The van der Waals surface area contributed by atoms with Gasteiger partial charge in [-0.3, -0.25) is 9.59 Å². The fourth-order valence-electron chi connectivity index (χ4n) is 2.81. The van der Waals surface area contributed by atoms with E-state index in [2.05, 4.69) is 20.6 Å². The number of carbonyl (C=O) groups excluding carboxylic acids is 2.